The van der Waals surface area contributed by atoms with Gasteiger partial charge in [-0.15, -0.1) is 0 Å². The zero-order valence-corrected chi connectivity index (χ0v) is 9.17. The van der Waals surface area contributed by atoms with Crippen LogP contribution in [0.1, 0.15) is 10.4 Å². The highest BCUT2D eigenvalue weighted by Gasteiger charge is 2.27. The summed E-state index contributed by atoms with van der Waals surface area (Å²) >= 11 is 7.74. The van der Waals surface area contributed by atoms with E-state index < -0.39 is 38.9 Å². The molecule has 1 aromatic carbocycles. The summed E-state index contributed by atoms with van der Waals surface area (Å²) in [4.78, 5) is 10.8. The van der Waals surface area contributed by atoms with Gasteiger partial charge in [0.25, 0.3) is 0 Å². The summed E-state index contributed by atoms with van der Waals surface area (Å²) in [5.74, 6) is -4.37. The maximum absolute atomic E-state index is 13.2. The second-order valence-corrected chi connectivity index (χ2v) is 3.74. The SMILES string of the molecule is O=C(c1c(Br)cc(F)c(Cl)c1F)C(F)F. The Hall–Kier alpha value is -0.620. The van der Waals surface area contributed by atoms with Crippen LogP contribution in [-0.4, -0.2) is 12.2 Å². The third-order valence-corrected chi connectivity index (χ3v) is 2.53. The van der Waals surface area contributed by atoms with Crippen molar-refractivity contribution in [1.29, 1.82) is 0 Å². The number of hydrogen-bond donors (Lipinski definition) is 0. The lowest BCUT2D eigenvalue weighted by Gasteiger charge is -2.06. The molecule has 0 radical (unpaired) electrons. The molecule has 82 valence electrons. The van der Waals surface area contributed by atoms with E-state index in [9.17, 15) is 22.4 Å². The van der Waals surface area contributed by atoms with Gasteiger partial charge in [-0.3, -0.25) is 4.79 Å². The summed E-state index contributed by atoms with van der Waals surface area (Å²) in [6, 6.07) is 0.654. The lowest BCUT2D eigenvalue weighted by molar-refractivity contribution is 0.0673. The van der Waals surface area contributed by atoms with Crippen molar-refractivity contribution in [2.75, 3.05) is 0 Å². The van der Waals surface area contributed by atoms with Gasteiger partial charge in [0.1, 0.15) is 10.8 Å². The fourth-order valence-corrected chi connectivity index (χ4v) is 1.62. The van der Waals surface area contributed by atoms with E-state index in [0.717, 1.165) is 0 Å². The van der Waals surface area contributed by atoms with Gasteiger partial charge in [-0.2, -0.15) is 0 Å². The molecule has 0 atom stereocenters. The monoisotopic (exact) mass is 304 g/mol. The van der Waals surface area contributed by atoms with Crippen molar-refractivity contribution in [3.05, 3.63) is 32.8 Å². The van der Waals surface area contributed by atoms with Crippen molar-refractivity contribution >= 4 is 33.3 Å². The molecule has 0 aromatic heterocycles. The lowest BCUT2D eigenvalue weighted by atomic mass is 10.1. The zero-order valence-electron chi connectivity index (χ0n) is 6.83. The maximum Gasteiger partial charge on any atom is 0.300 e. The molecule has 0 spiro atoms. The number of hydrogen-bond acceptors (Lipinski definition) is 1. The highest BCUT2D eigenvalue weighted by molar-refractivity contribution is 9.10. The summed E-state index contributed by atoms with van der Waals surface area (Å²) in [5.41, 5.74) is -0.948. The van der Waals surface area contributed by atoms with Crippen molar-refractivity contribution in [2.24, 2.45) is 0 Å². The van der Waals surface area contributed by atoms with E-state index in [1.807, 2.05) is 0 Å². The number of alkyl halides is 2. The summed E-state index contributed by atoms with van der Waals surface area (Å²) < 4.78 is 49.6. The molecule has 1 nitrogen and oxygen atoms in total. The number of halogens is 6. The van der Waals surface area contributed by atoms with Crippen LogP contribution < -0.4 is 0 Å². The van der Waals surface area contributed by atoms with E-state index in [1.165, 1.54) is 0 Å². The first kappa shape index (κ1) is 12.4. The summed E-state index contributed by atoms with van der Waals surface area (Å²) in [6.45, 7) is 0. The van der Waals surface area contributed by atoms with Gasteiger partial charge in [0.05, 0.1) is 5.56 Å². The van der Waals surface area contributed by atoms with Gasteiger partial charge < -0.3 is 0 Å². The van der Waals surface area contributed by atoms with E-state index in [2.05, 4.69) is 15.9 Å². The van der Waals surface area contributed by atoms with E-state index >= 15 is 0 Å². The topological polar surface area (TPSA) is 17.1 Å². The predicted molar refractivity (Wildman–Crippen MR) is 49.4 cm³/mol. The van der Waals surface area contributed by atoms with Crippen LogP contribution in [0, 0.1) is 11.6 Å². The molecule has 7 heteroatoms. The number of carbonyl (C=O) groups is 1. The Morgan fingerprint density at radius 3 is 2.40 bits per heavy atom. The molecular formula is C8H2BrClF4O. The molecular weight excluding hydrogens is 303 g/mol. The summed E-state index contributed by atoms with van der Waals surface area (Å²) in [6.07, 6.45) is -3.38. The molecule has 15 heavy (non-hydrogen) atoms. The molecule has 1 aromatic rings. The van der Waals surface area contributed by atoms with E-state index in [1.54, 1.807) is 0 Å². The first-order valence-electron chi connectivity index (χ1n) is 3.51. The second kappa shape index (κ2) is 4.49. The standard InChI is InChI=1S/C8H2BrClF4O/c9-2-1-3(11)5(10)6(12)4(2)7(15)8(13)14/h1,8H. The van der Waals surface area contributed by atoms with Crippen LogP contribution in [0.25, 0.3) is 0 Å². The third kappa shape index (κ3) is 2.31. The van der Waals surface area contributed by atoms with Crippen LogP contribution in [0.3, 0.4) is 0 Å². The molecule has 0 unspecified atom stereocenters. The minimum Gasteiger partial charge on any atom is -0.288 e. The lowest BCUT2D eigenvalue weighted by Crippen LogP contribution is -2.14. The Kier molecular flexibility index (Phi) is 3.72. The number of ketones is 1. The first-order valence-corrected chi connectivity index (χ1v) is 4.68. The Balaban J connectivity index is 3.43. The van der Waals surface area contributed by atoms with Crippen LogP contribution in [0.5, 0.6) is 0 Å². The molecule has 1 rings (SSSR count). The van der Waals surface area contributed by atoms with Crippen molar-refractivity contribution in [3.63, 3.8) is 0 Å². The van der Waals surface area contributed by atoms with Gasteiger partial charge >= 0.3 is 6.43 Å². The second-order valence-electron chi connectivity index (χ2n) is 2.51. The third-order valence-electron chi connectivity index (χ3n) is 1.56. The number of Topliss-reactive ketones (excluding diaryl/α,β-unsaturated/α-hetero) is 1. The van der Waals surface area contributed by atoms with Gasteiger partial charge in [-0.1, -0.05) is 11.6 Å². The Bertz CT molecular complexity index is 422. The molecule has 0 N–H and O–H groups in total. The van der Waals surface area contributed by atoms with Crippen molar-refractivity contribution in [1.82, 2.24) is 0 Å². The van der Waals surface area contributed by atoms with Crippen molar-refractivity contribution in [2.45, 2.75) is 6.43 Å². The largest absolute Gasteiger partial charge is 0.300 e. The molecule has 0 heterocycles. The fraction of sp³-hybridized carbons (Fsp3) is 0.125. The van der Waals surface area contributed by atoms with E-state index in [-0.39, 0.29) is 0 Å². The van der Waals surface area contributed by atoms with Crippen molar-refractivity contribution < 1.29 is 22.4 Å². The fourth-order valence-electron chi connectivity index (χ4n) is 0.901. The van der Waals surface area contributed by atoms with Gasteiger partial charge in [0.2, 0.25) is 5.78 Å². The number of carbonyl (C=O) groups excluding carboxylic acids is 1. The van der Waals surface area contributed by atoms with Crippen LogP contribution >= 0.6 is 27.5 Å². The highest BCUT2D eigenvalue weighted by atomic mass is 79.9. The molecule has 0 bridgehead atoms. The van der Waals surface area contributed by atoms with Gasteiger partial charge in [0, 0.05) is 4.47 Å². The maximum atomic E-state index is 13.2. The molecule has 0 saturated heterocycles. The smallest absolute Gasteiger partial charge is 0.288 e. The Labute approximate surface area is 95.2 Å². The molecule has 0 amide bonds. The van der Waals surface area contributed by atoms with E-state index in [4.69, 9.17) is 11.6 Å². The molecule has 0 aliphatic heterocycles. The summed E-state index contributed by atoms with van der Waals surface area (Å²) in [7, 11) is 0. The van der Waals surface area contributed by atoms with Crippen LogP contribution in [0.4, 0.5) is 17.6 Å². The van der Waals surface area contributed by atoms with Crippen LogP contribution in [0.2, 0.25) is 5.02 Å². The van der Waals surface area contributed by atoms with Gasteiger partial charge in [-0.05, 0) is 22.0 Å². The Morgan fingerprint density at radius 1 is 1.40 bits per heavy atom. The summed E-state index contributed by atoms with van der Waals surface area (Å²) in [5, 5.41) is -0.984. The van der Waals surface area contributed by atoms with Gasteiger partial charge in [0.15, 0.2) is 5.82 Å². The predicted octanol–water partition coefficient (Wildman–Crippen LogP) is 3.83. The highest BCUT2D eigenvalue weighted by Crippen LogP contribution is 2.30. The number of benzene rings is 1. The van der Waals surface area contributed by atoms with Gasteiger partial charge in [-0.25, -0.2) is 17.6 Å². The quantitative estimate of drug-likeness (QED) is 0.351. The average Bonchev–Trinajstić information content (AvgIpc) is 2.14. The minimum absolute atomic E-state index is 0.396. The molecule has 0 fully saturated rings. The Morgan fingerprint density at radius 2 is 1.93 bits per heavy atom. The van der Waals surface area contributed by atoms with Crippen LogP contribution in [0.15, 0.2) is 10.5 Å². The number of rotatable bonds is 2. The normalized spacial score (nSPS) is 10.9. The zero-order chi connectivity index (χ0) is 11.7. The molecule has 0 aliphatic carbocycles. The van der Waals surface area contributed by atoms with E-state index in [0.29, 0.717) is 6.07 Å². The molecule has 0 aliphatic rings. The first-order chi connectivity index (χ1) is 6.86. The molecule has 0 saturated carbocycles. The van der Waals surface area contributed by atoms with Crippen molar-refractivity contribution in [3.8, 4) is 0 Å². The average molecular weight is 305 g/mol. The van der Waals surface area contributed by atoms with Crippen LogP contribution in [-0.2, 0) is 0 Å². The minimum atomic E-state index is -3.38.